The molecule has 2 fully saturated rings. The zero-order valence-electron chi connectivity index (χ0n) is 16.3. The topological polar surface area (TPSA) is 56.7 Å². The Kier molecular flexibility index (Phi) is 4.91. The van der Waals surface area contributed by atoms with Gasteiger partial charge in [0.25, 0.3) is 0 Å². The lowest BCUT2D eigenvalue weighted by atomic mass is 9.79. The van der Waals surface area contributed by atoms with Crippen molar-refractivity contribution in [1.29, 1.82) is 0 Å². The third-order valence-corrected chi connectivity index (χ3v) is 6.43. The zero-order valence-corrected chi connectivity index (χ0v) is 16.3. The van der Waals surface area contributed by atoms with E-state index in [0.717, 1.165) is 42.5 Å². The summed E-state index contributed by atoms with van der Waals surface area (Å²) in [7, 11) is 2.11. The minimum Gasteiger partial charge on any atom is -0.391 e. The number of carbonyl (C=O) groups is 1. The summed E-state index contributed by atoms with van der Waals surface area (Å²) in [6.07, 6.45) is 2.02. The summed E-state index contributed by atoms with van der Waals surface area (Å²) >= 11 is 0. The molecule has 3 heterocycles. The van der Waals surface area contributed by atoms with Gasteiger partial charge in [-0.1, -0.05) is 31.2 Å². The summed E-state index contributed by atoms with van der Waals surface area (Å²) in [4.78, 5) is 22.0. The number of likely N-dealkylation sites (tertiary alicyclic amines) is 2. The van der Waals surface area contributed by atoms with E-state index in [1.807, 2.05) is 29.2 Å². The van der Waals surface area contributed by atoms with E-state index in [1.165, 1.54) is 0 Å². The number of pyridine rings is 1. The molecule has 0 aliphatic carbocycles. The molecule has 4 rings (SSSR count). The van der Waals surface area contributed by atoms with Crippen LogP contribution in [0.15, 0.2) is 36.4 Å². The van der Waals surface area contributed by atoms with E-state index in [2.05, 4.69) is 31.0 Å². The maximum absolute atomic E-state index is 13.1. The Bertz CT molecular complexity index is 829. The van der Waals surface area contributed by atoms with Crippen molar-refractivity contribution >= 4 is 16.8 Å². The normalized spacial score (nSPS) is 25.8. The predicted molar refractivity (Wildman–Crippen MR) is 106 cm³/mol. The molecule has 1 amide bonds. The van der Waals surface area contributed by atoms with Crippen LogP contribution in [0.4, 0.5) is 0 Å². The summed E-state index contributed by atoms with van der Waals surface area (Å²) in [6, 6.07) is 12.2. The Morgan fingerprint density at radius 2 is 1.93 bits per heavy atom. The Labute approximate surface area is 161 Å². The number of carbonyl (C=O) groups excluding carboxylic acids is 1. The van der Waals surface area contributed by atoms with Gasteiger partial charge in [0.1, 0.15) is 0 Å². The van der Waals surface area contributed by atoms with Crippen LogP contribution < -0.4 is 0 Å². The summed E-state index contributed by atoms with van der Waals surface area (Å²) in [5.74, 6) is 0.265. The second-order valence-electron chi connectivity index (χ2n) is 8.60. The Balaban J connectivity index is 1.44. The number of nitrogens with zero attached hydrogens (tertiary/aromatic N) is 3. The van der Waals surface area contributed by atoms with Crippen molar-refractivity contribution < 1.29 is 9.90 Å². The maximum Gasteiger partial charge on any atom is 0.228 e. The molecule has 2 aliphatic heterocycles. The van der Waals surface area contributed by atoms with Gasteiger partial charge < -0.3 is 14.9 Å². The second-order valence-corrected chi connectivity index (χ2v) is 8.60. The largest absolute Gasteiger partial charge is 0.391 e. The van der Waals surface area contributed by atoms with Crippen molar-refractivity contribution in [1.82, 2.24) is 14.8 Å². The van der Waals surface area contributed by atoms with Gasteiger partial charge in [0.2, 0.25) is 5.91 Å². The van der Waals surface area contributed by atoms with Crippen molar-refractivity contribution in [3.05, 3.63) is 42.1 Å². The number of hydrogen-bond acceptors (Lipinski definition) is 4. The second kappa shape index (κ2) is 7.21. The fourth-order valence-corrected chi connectivity index (χ4v) is 4.42. The van der Waals surface area contributed by atoms with Crippen LogP contribution >= 0.6 is 0 Å². The first-order valence-corrected chi connectivity index (χ1v) is 9.95. The monoisotopic (exact) mass is 367 g/mol. The van der Waals surface area contributed by atoms with Crippen molar-refractivity contribution in [3.63, 3.8) is 0 Å². The molecule has 2 aliphatic rings. The Morgan fingerprint density at radius 1 is 1.19 bits per heavy atom. The first-order valence-electron chi connectivity index (χ1n) is 9.95. The summed E-state index contributed by atoms with van der Waals surface area (Å²) in [6.45, 7) is 5.08. The fourth-order valence-electron chi connectivity index (χ4n) is 4.42. The maximum atomic E-state index is 13.1. The molecule has 2 aromatic rings. The lowest BCUT2D eigenvalue weighted by Gasteiger charge is -2.39. The highest BCUT2D eigenvalue weighted by Crippen LogP contribution is 2.35. The first kappa shape index (κ1) is 18.4. The van der Waals surface area contributed by atoms with Gasteiger partial charge in [0.05, 0.1) is 11.6 Å². The van der Waals surface area contributed by atoms with Crippen LogP contribution in [0.1, 0.15) is 25.5 Å². The Hall–Kier alpha value is -1.98. The Morgan fingerprint density at radius 3 is 2.70 bits per heavy atom. The standard InChI is InChI=1S/C22H29N3O2/c1-22(9-11-24(2)12-10-22)21(27)25-14-17(20(26)15-25)13-18-8-7-16-5-3-4-6-19(16)23-18/h3-8,17,20,26H,9-15H2,1-2H3/t17-,20-/m1/s1. The molecule has 0 unspecified atom stereocenters. The number of hydrogen-bond donors (Lipinski definition) is 1. The van der Waals surface area contributed by atoms with Crippen LogP contribution in [0.3, 0.4) is 0 Å². The average molecular weight is 367 g/mol. The molecule has 27 heavy (non-hydrogen) atoms. The highest BCUT2D eigenvalue weighted by atomic mass is 16.3. The molecule has 1 aromatic carbocycles. The molecule has 1 N–H and O–H groups in total. The number of piperidine rings is 1. The van der Waals surface area contributed by atoms with Gasteiger partial charge in [-0.15, -0.1) is 0 Å². The van der Waals surface area contributed by atoms with Gasteiger partial charge in [-0.05, 0) is 51.5 Å². The molecule has 0 spiro atoms. The fraction of sp³-hybridized carbons (Fsp3) is 0.545. The third kappa shape index (κ3) is 3.71. The van der Waals surface area contributed by atoms with E-state index in [4.69, 9.17) is 4.98 Å². The molecule has 5 heteroatoms. The lowest BCUT2D eigenvalue weighted by Crippen LogP contribution is -2.47. The SMILES string of the molecule is CN1CCC(C)(C(=O)N2C[C@@H](Cc3ccc4ccccc4n3)[C@H](O)C2)CC1. The molecule has 2 atom stereocenters. The minimum atomic E-state index is -0.475. The van der Waals surface area contributed by atoms with Gasteiger partial charge in [0, 0.05) is 35.5 Å². The van der Waals surface area contributed by atoms with Crippen molar-refractivity contribution in [2.45, 2.75) is 32.3 Å². The van der Waals surface area contributed by atoms with E-state index in [9.17, 15) is 9.90 Å². The van der Waals surface area contributed by atoms with E-state index in [0.29, 0.717) is 19.5 Å². The predicted octanol–water partition coefficient (Wildman–Crippen LogP) is 2.33. The van der Waals surface area contributed by atoms with E-state index >= 15 is 0 Å². The van der Waals surface area contributed by atoms with Crippen molar-refractivity contribution in [2.75, 3.05) is 33.2 Å². The van der Waals surface area contributed by atoms with Gasteiger partial charge in [-0.2, -0.15) is 0 Å². The van der Waals surface area contributed by atoms with Crippen LogP contribution in [0.2, 0.25) is 0 Å². The summed E-state index contributed by atoms with van der Waals surface area (Å²) in [5.41, 5.74) is 1.68. The number of rotatable bonds is 3. The number of aliphatic hydroxyl groups excluding tert-OH is 1. The molecule has 0 radical (unpaired) electrons. The zero-order chi connectivity index (χ0) is 19.0. The van der Waals surface area contributed by atoms with Gasteiger partial charge in [-0.3, -0.25) is 9.78 Å². The molecule has 5 nitrogen and oxygen atoms in total. The average Bonchev–Trinajstić information content (AvgIpc) is 3.04. The highest BCUT2D eigenvalue weighted by Gasteiger charge is 2.43. The summed E-state index contributed by atoms with van der Waals surface area (Å²) < 4.78 is 0. The van der Waals surface area contributed by atoms with E-state index in [-0.39, 0.29) is 17.2 Å². The third-order valence-electron chi connectivity index (χ3n) is 6.43. The van der Waals surface area contributed by atoms with Crippen LogP contribution in [0.5, 0.6) is 0 Å². The van der Waals surface area contributed by atoms with Crippen molar-refractivity contribution in [2.24, 2.45) is 11.3 Å². The van der Waals surface area contributed by atoms with Gasteiger partial charge in [-0.25, -0.2) is 0 Å². The number of aromatic nitrogens is 1. The number of para-hydroxylation sites is 1. The molecule has 2 saturated heterocycles. The molecular formula is C22H29N3O2. The van der Waals surface area contributed by atoms with Crippen LogP contribution in [-0.4, -0.2) is 65.1 Å². The van der Waals surface area contributed by atoms with E-state index < -0.39 is 6.10 Å². The molecule has 0 saturated carbocycles. The van der Waals surface area contributed by atoms with Crippen LogP contribution in [-0.2, 0) is 11.2 Å². The number of β-amino-alcohol motifs (C(OH)–C–C–N with tert-alkyl or cyclic N) is 1. The van der Waals surface area contributed by atoms with Gasteiger partial charge in [0.15, 0.2) is 0 Å². The lowest BCUT2D eigenvalue weighted by molar-refractivity contribution is -0.143. The molecular weight excluding hydrogens is 338 g/mol. The van der Waals surface area contributed by atoms with Crippen LogP contribution in [0, 0.1) is 11.3 Å². The molecule has 144 valence electrons. The van der Waals surface area contributed by atoms with Gasteiger partial charge >= 0.3 is 0 Å². The molecule has 0 bridgehead atoms. The molecule has 1 aromatic heterocycles. The van der Waals surface area contributed by atoms with Crippen molar-refractivity contribution in [3.8, 4) is 0 Å². The van der Waals surface area contributed by atoms with Crippen LogP contribution in [0.25, 0.3) is 10.9 Å². The first-order chi connectivity index (χ1) is 12.9. The quantitative estimate of drug-likeness (QED) is 0.905. The highest BCUT2D eigenvalue weighted by molar-refractivity contribution is 5.83. The minimum absolute atomic E-state index is 0.0532. The number of benzene rings is 1. The number of fused-ring (bicyclic) bond motifs is 1. The summed E-state index contributed by atoms with van der Waals surface area (Å²) in [5, 5.41) is 11.7. The number of aliphatic hydroxyl groups is 1. The smallest absolute Gasteiger partial charge is 0.228 e. The van der Waals surface area contributed by atoms with E-state index in [1.54, 1.807) is 0 Å². The number of amides is 1.